The number of thiazole rings is 1. The van der Waals surface area contributed by atoms with Gasteiger partial charge in [-0.1, -0.05) is 0 Å². The van der Waals surface area contributed by atoms with Gasteiger partial charge in [0.2, 0.25) is 0 Å². The van der Waals surface area contributed by atoms with Crippen LogP contribution < -0.4 is 16.0 Å². The van der Waals surface area contributed by atoms with Gasteiger partial charge < -0.3 is 15.4 Å². The number of urea groups is 1. The van der Waals surface area contributed by atoms with Crippen LogP contribution in [0.2, 0.25) is 0 Å². The Labute approximate surface area is 160 Å². The second kappa shape index (κ2) is 9.62. The summed E-state index contributed by atoms with van der Waals surface area (Å²) in [5.74, 6) is -0.661. The fraction of sp³-hybridized carbons (Fsp3) is 0.353. The van der Waals surface area contributed by atoms with Gasteiger partial charge in [0.05, 0.1) is 6.61 Å². The van der Waals surface area contributed by atoms with E-state index in [1.54, 1.807) is 26.0 Å². The Morgan fingerprint density at radius 3 is 2.44 bits per heavy atom. The molecule has 3 N–H and O–H groups in total. The number of esters is 1. The second-order valence-corrected chi connectivity index (χ2v) is 6.19. The van der Waals surface area contributed by atoms with Crippen molar-refractivity contribution in [1.29, 1.82) is 0 Å². The highest BCUT2D eigenvalue weighted by Crippen LogP contribution is 2.29. The van der Waals surface area contributed by atoms with E-state index in [0.29, 0.717) is 29.5 Å². The number of nitrogens with one attached hydrogen (secondary N) is 3. The van der Waals surface area contributed by atoms with Crippen molar-refractivity contribution in [2.45, 2.75) is 20.8 Å². The Morgan fingerprint density at radius 2 is 1.85 bits per heavy atom. The molecule has 27 heavy (non-hydrogen) atoms. The van der Waals surface area contributed by atoms with Crippen molar-refractivity contribution in [2.24, 2.45) is 0 Å². The van der Waals surface area contributed by atoms with Crippen LogP contribution in [-0.2, 0) is 4.74 Å². The number of carbonyl (C=O) groups is 3. The molecule has 0 saturated carbocycles. The van der Waals surface area contributed by atoms with Gasteiger partial charge in [0.1, 0.15) is 15.7 Å². The standard InChI is InChI=1S/C17H21N5O4S/c1-4-18-14(23)12-13(16(24)26-6-3)27-15(22-12)10-7-8-11(20-9-10)21-17(25)19-5-2/h7-9H,4-6H2,1-3H3,(H,18,23)(H2,19,20,21,25). The summed E-state index contributed by atoms with van der Waals surface area (Å²) in [6.45, 7) is 6.39. The van der Waals surface area contributed by atoms with Crippen LogP contribution in [0.5, 0.6) is 0 Å². The number of hydrogen-bond donors (Lipinski definition) is 3. The number of rotatable bonds is 7. The first-order valence-electron chi connectivity index (χ1n) is 8.47. The summed E-state index contributed by atoms with van der Waals surface area (Å²) in [5.41, 5.74) is 0.641. The van der Waals surface area contributed by atoms with Gasteiger partial charge in [-0.2, -0.15) is 0 Å². The number of carbonyl (C=O) groups excluding carboxylic acids is 3. The molecule has 9 nitrogen and oxygen atoms in total. The predicted octanol–water partition coefficient (Wildman–Crippen LogP) is 2.27. The Hall–Kier alpha value is -3.01. The fourth-order valence-electron chi connectivity index (χ4n) is 2.09. The molecule has 0 unspecified atom stereocenters. The molecule has 0 aromatic carbocycles. The van der Waals surface area contributed by atoms with E-state index < -0.39 is 11.9 Å². The van der Waals surface area contributed by atoms with E-state index in [1.165, 1.54) is 6.20 Å². The van der Waals surface area contributed by atoms with E-state index in [9.17, 15) is 14.4 Å². The van der Waals surface area contributed by atoms with E-state index in [-0.39, 0.29) is 23.2 Å². The molecule has 10 heteroatoms. The van der Waals surface area contributed by atoms with Crippen LogP contribution in [-0.4, -0.2) is 47.6 Å². The molecule has 2 aromatic rings. The third-order valence-corrected chi connectivity index (χ3v) is 4.31. The average Bonchev–Trinajstić information content (AvgIpc) is 3.08. The van der Waals surface area contributed by atoms with E-state index in [0.717, 1.165) is 11.3 Å². The number of amides is 3. The predicted molar refractivity (Wildman–Crippen MR) is 102 cm³/mol. The van der Waals surface area contributed by atoms with Crippen molar-refractivity contribution in [2.75, 3.05) is 25.0 Å². The van der Waals surface area contributed by atoms with Crippen molar-refractivity contribution in [3.8, 4) is 10.6 Å². The molecule has 0 aliphatic carbocycles. The lowest BCUT2D eigenvalue weighted by atomic mass is 10.3. The molecule has 2 aromatic heterocycles. The second-order valence-electron chi connectivity index (χ2n) is 5.19. The molecule has 2 heterocycles. The maximum absolute atomic E-state index is 12.2. The minimum absolute atomic E-state index is 0.0276. The van der Waals surface area contributed by atoms with Gasteiger partial charge in [-0.05, 0) is 32.9 Å². The summed E-state index contributed by atoms with van der Waals surface area (Å²) in [7, 11) is 0. The maximum Gasteiger partial charge on any atom is 0.350 e. The Kier molecular flexibility index (Phi) is 7.24. The summed E-state index contributed by atoms with van der Waals surface area (Å²) in [6.07, 6.45) is 1.51. The van der Waals surface area contributed by atoms with E-state index in [4.69, 9.17) is 4.74 Å². The van der Waals surface area contributed by atoms with Gasteiger partial charge in [0.15, 0.2) is 5.69 Å². The Balaban J connectivity index is 2.29. The number of ether oxygens (including phenoxy) is 1. The van der Waals surface area contributed by atoms with Gasteiger partial charge in [-0.15, -0.1) is 11.3 Å². The zero-order valence-electron chi connectivity index (χ0n) is 15.3. The molecule has 0 bridgehead atoms. The molecule has 0 atom stereocenters. The molecule has 0 aliphatic rings. The topological polar surface area (TPSA) is 122 Å². The number of nitrogens with zero attached hydrogens (tertiary/aromatic N) is 2. The number of pyridine rings is 1. The van der Waals surface area contributed by atoms with E-state index in [2.05, 4.69) is 25.9 Å². The summed E-state index contributed by atoms with van der Waals surface area (Å²) >= 11 is 1.06. The smallest absolute Gasteiger partial charge is 0.350 e. The lowest BCUT2D eigenvalue weighted by Crippen LogP contribution is -2.28. The molecule has 0 spiro atoms. The number of aromatic nitrogens is 2. The van der Waals surface area contributed by atoms with Crippen LogP contribution in [0.4, 0.5) is 10.6 Å². The monoisotopic (exact) mass is 391 g/mol. The van der Waals surface area contributed by atoms with Crippen LogP contribution in [0.3, 0.4) is 0 Å². The molecule has 144 valence electrons. The highest BCUT2D eigenvalue weighted by Gasteiger charge is 2.24. The number of anilines is 1. The van der Waals surface area contributed by atoms with Crippen molar-refractivity contribution >= 4 is 35.1 Å². The minimum Gasteiger partial charge on any atom is -0.462 e. The van der Waals surface area contributed by atoms with Gasteiger partial charge in [0.25, 0.3) is 5.91 Å². The van der Waals surface area contributed by atoms with Gasteiger partial charge in [0, 0.05) is 24.8 Å². The Bertz CT molecular complexity index is 784. The molecule has 2 rings (SSSR count). The fourth-order valence-corrected chi connectivity index (χ4v) is 3.04. The quantitative estimate of drug-likeness (QED) is 0.622. The van der Waals surface area contributed by atoms with Crippen molar-refractivity contribution in [3.05, 3.63) is 28.9 Å². The lowest BCUT2D eigenvalue weighted by Gasteiger charge is -2.05. The molecule has 0 fully saturated rings. The van der Waals surface area contributed by atoms with Crippen LogP contribution in [0.1, 0.15) is 40.9 Å². The lowest BCUT2D eigenvalue weighted by molar-refractivity contribution is 0.0528. The highest BCUT2D eigenvalue weighted by atomic mass is 32.1. The minimum atomic E-state index is -0.593. The zero-order chi connectivity index (χ0) is 19.8. The first kappa shape index (κ1) is 20.3. The largest absolute Gasteiger partial charge is 0.462 e. The number of hydrogen-bond acceptors (Lipinski definition) is 7. The normalized spacial score (nSPS) is 10.2. The molecule has 3 amide bonds. The van der Waals surface area contributed by atoms with Crippen LogP contribution >= 0.6 is 11.3 Å². The first-order chi connectivity index (χ1) is 13.0. The third-order valence-electron chi connectivity index (χ3n) is 3.23. The Morgan fingerprint density at radius 1 is 1.11 bits per heavy atom. The maximum atomic E-state index is 12.2. The van der Waals surface area contributed by atoms with Gasteiger partial charge in [-0.25, -0.2) is 19.6 Å². The average molecular weight is 391 g/mol. The van der Waals surface area contributed by atoms with Gasteiger partial charge >= 0.3 is 12.0 Å². The van der Waals surface area contributed by atoms with Gasteiger partial charge in [-0.3, -0.25) is 10.1 Å². The third kappa shape index (κ3) is 5.23. The van der Waals surface area contributed by atoms with Crippen molar-refractivity contribution < 1.29 is 19.1 Å². The van der Waals surface area contributed by atoms with E-state index in [1.807, 2.05) is 6.92 Å². The molecule has 0 aliphatic heterocycles. The van der Waals surface area contributed by atoms with Crippen LogP contribution in [0.25, 0.3) is 10.6 Å². The summed E-state index contributed by atoms with van der Waals surface area (Å²) in [4.78, 5) is 44.5. The summed E-state index contributed by atoms with van der Waals surface area (Å²) in [6, 6.07) is 2.96. The first-order valence-corrected chi connectivity index (χ1v) is 9.29. The molecule has 0 saturated heterocycles. The van der Waals surface area contributed by atoms with Crippen molar-refractivity contribution in [1.82, 2.24) is 20.6 Å². The van der Waals surface area contributed by atoms with Crippen molar-refractivity contribution in [3.63, 3.8) is 0 Å². The molecular weight excluding hydrogens is 370 g/mol. The van der Waals surface area contributed by atoms with Crippen LogP contribution in [0, 0.1) is 0 Å². The highest BCUT2D eigenvalue weighted by molar-refractivity contribution is 7.17. The summed E-state index contributed by atoms with van der Waals surface area (Å²) in [5, 5.41) is 8.28. The van der Waals surface area contributed by atoms with E-state index >= 15 is 0 Å². The van der Waals surface area contributed by atoms with Crippen LogP contribution in [0.15, 0.2) is 18.3 Å². The summed E-state index contributed by atoms with van der Waals surface area (Å²) < 4.78 is 5.01. The SMILES string of the molecule is CCNC(=O)Nc1ccc(-c2nc(C(=O)NCC)c(C(=O)OCC)s2)cn1. The molecular formula is C17H21N5O4S. The zero-order valence-corrected chi connectivity index (χ0v) is 16.1. The molecule has 0 radical (unpaired) electrons.